The molecule has 0 N–H and O–H groups in total. The number of benzene rings is 4. The molecule has 7 rings (SSSR count). The maximum absolute atomic E-state index is 6.52. The van der Waals surface area contributed by atoms with Crippen LogP contribution in [0.15, 0.2) is 103 Å². The third-order valence-corrected chi connectivity index (χ3v) is 8.11. The zero-order valence-corrected chi connectivity index (χ0v) is 28.2. The van der Waals surface area contributed by atoms with Gasteiger partial charge in [0.15, 0.2) is 0 Å². The Morgan fingerprint density at radius 2 is 1.56 bits per heavy atom. The van der Waals surface area contributed by atoms with Crippen molar-refractivity contribution in [2.45, 2.75) is 40.0 Å². The van der Waals surface area contributed by atoms with Crippen molar-refractivity contribution in [3.8, 4) is 45.3 Å². The first-order valence-corrected chi connectivity index (χ1v) is 14.8. The number of hydrogen-bond acceptors (Lipinski definition) is 4. The summed E-state index contributed by atoms with van der Waals surface area (Å²) < 4.78 is 8.66. The summed E-state index contributed by atoms with van der Waals surface area (Å²) in [5.74, 6) is 2.15. The number of hydrogen-bond donors (Lipinski definition) is 0. The molecular weight excluding hydrogens is 736 g/mol. The Kier molecular flexibility index (Phi) is 8.16. The zero-order chi connectivity index (χ0) is 30.4. The second-order valence-electron chi connectivity index (χ2n) is 12.2. The van der Waals surface area contributed by atoms with E-state index >= 15 is 0 Å². The molecule has 5 nitrogen and oxygen atoms in total. The van der Waals surface area contributed by atoms with E-state index in [0.717, 1.165) is 56.5 Å². The van der Waals surface area contributed by atoms with Crippen molar-refractivity contribution in [3.63, 3.8) is 0 Å². The van der Waals surface area contributed by atoms with Gasteiger partial charge in [0.05, 0.1) is 0 Å². The van der Waals surface area contributed by atoms with E-state index in [1.54, 1.807) is 0 Å². The van der Waals surface area contributed by atoms with Crippen LogP contribution < -0.4 is 9.64 Å². The topological polar surface area (TPSA) is 43.2 Å². The first kappa shape index (κ1) is 30.4. The van der Waals surface area contributed by atoms with Crippen LogP contribution >= 0.6 is 0 Å². The van der Waals surface area contributed by atoms with Gasteiger partial charge in [-0.3, -0.25) is 0 Å². The minimum absolute atomic E-state index is 0. The molecule has 1 aliphatic rings. The number of aromatic nitrogens is 3. The van der Waals surface area contributed by atoms with Gasteiger partial charge in [-0.2, -0.15) is 6.07 Å². The Labute approximate surface area is 279 Å². The molecule has 0 radical (unpaired) electrons. The Hall–Kier alpha value is -4.60. The van der Waals surface area contributed by atoms with E-state index in [-0.39, 0.29) is 26.5 Å². The molecule has 0 fully saturated rings. The van der Waals surface area contributed by atoms with Gasteiger partial charge >= 0.3 is 0 Å². The van der Waals surface area contributed by atoms with Gasteiger partial charge in [0, 0.05) is 50.3 Å². The minimum Gasteiger partial charge on any atom is -0.503 e. The van der Waals surface area contributed by atoms with Gasteiger partial charge in [-0.05, 0) is 59.2 Å². The predicted octanol–water partition coefficient (Wildman–Crippen LogP) is 9.70. The molecule has 228 valence electrons. The average Bonchev–Trinajstić information content (AvgIpc) is 3.33. The van der Waals surface area contributed by atoms with Crippen molar-refractivity contribution in [2.24, 2.45) is 0 Å². The van der Waals surface area contributed by atoms with Crippen molar-refractivity contribution in [1.29, 1.82) is 0 Å². The van der Waals surface area contributed by atoms with Crippen LogP contribution in [-0.2, 0) is 26.5 Å². The Morgan fingerprint density at radius 1 is 0.778 bits per heavy atom. The fraction of sp³-hybridized carbons (Fsp3) is 0.154. The van der Waals surface area contributed by atoms with Crippen molar-refractivity contribution in [2.75, 3.05) is 4.90 Å². The Bertz CT molecular complexity index is 1990. The molecule has 0 atom stereocenters. The van der Waals surface area contributed by atoms with E-state index in [0.29, 0.717) is 11.5 Å². The molecular formula is C39H33N4OPt-3. The number of para-hydroxylation sites is 1. The standard InChI is InChI=1S/C39H33N4O.Pt/c1-26-27(2)42-25-43(37-17-10-9-16-35(37)38(42)41-26)32-14-11-15-33(24-32)44-34-21-29(28-12-7-6-8-13-28)20-30(22-34)36-23-31(18-19-40-36)39(3,4)5;/h6-21,23,25H,1-5H3;/q-3;. The Balaban J connectivity index is 0.00000357. The van der Waals surface area contributed by atoms with E-state index in [4.69, 9.17) is 14.7 Å². The maximum atomic E-state index is 6.52. The molecule has 0 amide bonds. The molecule has 0 saturated carbocycles. The number of imidazole rings is 1. The summed E-state index contributed by atoms with van der Waals surface area (Å²) in [5, 5.41) is 0. The molecule has 6 heteroatoms. The summed E-state index contributed by atoms with van der Waals surface area (Å²) in [6.45, 7) is 12.9. The monoisotopic (exact) mass is 768 g/mol. The van der Waals surface area contributed by atoms with Gasteiger partial charge in [0.1, 0.15) is 0 Å². The van der Waals surface area contributed by atoms with Gasteiger partial charge < -0.3 is 24.2 Å². The van der Waals surface area contributed by atoms with Gasteiger partial charge in [0.2, 0.25) is 0 Å². The van der Waals surface area contributed by atoms with Crippen molar-refractivity contribution >= 4 is 11.4 Å². The number of ether oxygens (including phenoxy) is 1. The second kappa shape index (κ2) is 12.1. The summed E-state index contributed by atoms with van der Waals surface area (Å²) in [7, 11) is 0. The molecule has 45 heavy (non-hydrogen) atoms. The largest absolute Gasteiger partial charge is 0.503 e. The van der Waals surface area contributed by atoms with Gasteiger partial charge in [-0.1, -0.05) is 111 Å². The summed E-state index contributed by atoms with van der Waals surface area (Å²) in [6.07, 6.45) is 1.87. The number of rotatable bonds is 5. The molecule has 4 aromatic carbocycles. The molecule has 0 saturated heterocycles. The maximum Gasteiger partial charge on any atom is 0.0427 e. The number of fused-ring (bicyclic) bond motifs is 3. The quantitative estimate of drug-likeness (QED) is 0.164. The van der Waals surface area contributed by atoms with Gasteiger partial charge in [-0.25, -0.2) is 0 Å². The van der Waals surface area contributed by atoms with Crippen LogP contribution in [0.4, 0.5) is 11.4 Å². The fourth-order valence-electron chi connectivity index (χ4n) is 5.53. The second-order valence-corrected chi connectivity index (χ2v) is 12.2. The third kappa shape index (κ3) is 5.93. The number of pyridine rings is 1. The summed E-state index contributed by atoms with van der Waals surface area (Å²) in [6, 6.07) is 40.0. The molecule has 0 bridgehead atoms. The summed E-state index contributed by atoms with van der Waals surface area (Å²) in [5.41, 5.74) is 10.2. The molecule has 0 unspecified atom stereocenters. The first-order valence-electron chi connectivity index (χ1n) is 14.8. The number of nitrogens with zero attached hydrogens (tertiary/aromatic N) is 4. The molecule has 0 spiro atoms. The van der Waals surface area contributed by atoms with Crippen LogP contribution in [0.3, 0.4) is 0 Å². The fourth-order valence-corrected chi connectivity index (χ4v) is 5.53. The van der Waals surface area contributed by atoms with Crippen LogP contribution in [0.5, 0.6) is 11.5 Å². The van der Waals surface area contributed by atoms with Gasteiger partial charge in [-0.15, -0.1) is 29.8 Å². The van der Waals surface area contributed by atoms with Crippen LogP contribution in [-0.4, -0.2) is 14.5 Å². The van der Waals surface area contributed by atoms with Crippen molar-refractivity contribution in [1.82, 2.24) is 14.5 Å². The smallest absolute Gasteiger partial charge is 0.0427 e. The molecule has 6 aromatic rings. The molecule has 0 aliphatic carbocycles. The van der Waals surface area contributed by atoms with Crippen molar-refractivity contribution in [3.05, 3.63) is 139 Å². The SMILES string of the molecule is Cc1nc2n(c1C)[CH-]N(c1[c-]c(Oc3[c-]c(-c4cc(C(C)(C)C)ccn4)cc(-c4ccccc4)c3)ccc1)c1ccccc1-2.[Pt]. The zero-order valence-electron chi connectivity index (χ0n) is 25.9. The van der Waals surface area contributed by atoms with Crippen LogP contribution in [0, 0.1) is 32.6 Å². The molecule has 2 aromatic heterocycles. The van der Waals surface area contributed by atoms with Crippen LogP contribution in [0.2, 0.25) is 0 Å². The normalized spacial score (nSPS) is 12.1. The number of aryl methyl sites for hydroxylation is 1. The molecule has 1 aliphatic heterocycles. The van der Waals surface area contributed by atoms with E-state index in [1.807, 2.05) is 61.7 Å². The predicted molar refractivity (Wildman–Crippen MR) is 177 cm³/mol. The summed E-state index contributed by atoms with van der Waals surface area (Å²) >= 11 is 0. The van der Waals surface area contributed by atoms with Crippen molar-refractivity contribution < 1.29 is 25.8 Å². The van der Waals surface area contributed by atoms with E-state index < -0.39 is 0 Å². The molecule has 3 heterocycles. The van der Waals surface area contributed by atoms with E-state index in [9.17, 15) is 0 Å². The first-order chi connectivity index (χ1) is 21.2. The van der Waals surface area contributed by atoms with Crippen LogP contribution in [0.25, 0.3) is 33.8 Å². The Morgan fingerprint density at radius 3 is 2.36 bits per heavy atom. The summed E-state index contributed by atoms with van der Waals surface area (Å²) in [4.78, 5) is 11.7. The van der Waals surface area contributed by atoms with E-state index in [1.165, 1.54) is 5.56 Å². The van der Waals surface area contributed by atoms with Crippen LogP contribution in [0.1, 0.15) is 37.7 Å². The van der Waals surface area contributed by atoms with E-state index in [2.05, 4.69) is 104 Å². The average molecular weight is 769 g/mol. The van der Waals surface area contributed by atoms with Gasteiger partial charge in [0.25, 0.3) is 0 Å². The number of anilines is 2. The minimum atomic E-state index is 0. The third-order valence-electron chi connectivity index (χ3n) is 8.11.